The third-order valence-corrected chi connectivity index (χ3v) is 5.14. The monoisotopic (exact) mass is 449 g/mol. The van der Waals surface area contributed by atoms with Crippen molar-refractivity contribution in [2.75, 3.05) is 5.32 Å². The number of anilines is 1. The predicted molar refractivity (Wildman–Crippen MR) is 117 cm³/mol. The summed E-state index contributed by atoms with van der Waals surface area (Å²) in [5.41, 5.74) is 1.30. The number of hydrogen-bond acceptors (Lipinski definition) is 4. The van der Waals surface area contributed by atoms with Crippen molar-refractivity contribution in [1.29, 1.82) is 0 Å². The highest BCUT2D eigenvalue weighted by atomic mass is 19.1. The topological polar surface area (TPSA) is 117 Å². The highest BCUT2D eigenvalue weighted by molar-refractivity contribution is 6.00. The zero-order chi connectivity index (χ0) is 23.4. The molecule has 0 aliphatic carbocycles. The number of nitrogens with one attached hydrogen (secondary N) is 3. The second kappa shape index (κ2) is 9.39. The molecule has 0 unspecified atom stereocenters. The summed E-state index contributed by atoms with van der Waals surface area (Å²) in [5.74, 6) is -1.43. The van der Waals surface area contributed by atoms with E-state index in [9.17, 15) is 23.9 Å². The summed E-state index contributed by atoms with van der Waals surface area (Å²) in [4.78, 5) is 37.6. The summed E-state index contributed by atoms with van der Waals surface area (Å²) in [6, 6.07) is 18.0. The van der Waals surface area contributed by atoms with Crippen LogP contribution < -0.4 is 20.7 Å². The Bertz CT molecular complexity index is 1170. The molecule has 168 valence electrons. The van der Waals surface area contributed by atoms with Gasteiger partial charge in [0.2, 0.25) is 5.91 Å². The van der Waals surface area contributed by atoms with E-state index < -0.39 is 41.9 Å². The number of fused-ring (bicyclic) bond motifs is 1. The van der Waals surface area contributed by atoms with Gasteiger partial charge in [-0.25, -0.2) is 9.18 Å². The summed E-state index contributed by atoms with van der Waals surface area (Å²) in [6.07, 6.45) is -2.34. The molecule has 1 aliphatic heterocycles. The van der Waals surface area contributed by atoms with Crippen LogP contribution in [0.5, 0.6) is 5.75 Å². The fraction of sp³-hybridized carbons (Fsp3) is 0.125. The van der Waals surface area contributed by atoms with Crippen molar-refractivity contribution in [3.63, 3.8) is 0 Å². The Hall–Kier alpha value is -4.40. The summed E-state index contributed by atoms with van der Waals surface area (Å²) >= 11 is 0. The minimum atomic E-state index is -1.45. The molecule has 33 heavy (non-hydrogen) atoms. The van der Waals surface area contributed by atoms with Crippen LogP contribution in [0, 0.1) is 5.82 Å². The van der Waals surface area contributed by atoms with E-state index in [-0.39, 0.29) is 5.56 Å². The maximum absolute atomic E-state index is 13.3. The summed E-state index contributed by atoms with van der Waals surface area (Å²) in [7, 11) is 0. The second-order valence-corrected chi connectivity index (χ2v) is 7.35. The van der Waals surface area contributed by atoms with Crippen LogP contribution in [0.25, 0.3) is 0 Å². The molecule has 0 fully saturated rings. The number of benzene rings is 3. The van der Waals surface area contributed by atoms with Crippen LogP contribution in [0.2, 0.25) is 0 Å². The van der Waals surface area contributed by atoms with Crippen molar-refractivity contribution in [2.45, 2.75) is 18.2 Å². The molecule has 3 amide bonds. The van der Waals surface area contributed by atoms with Gasteiger partial charge in [-0.3, -0.25) is 9.59 Å². The van der Waals surface area contributed by atoms with Crippen LogP contribution in [-0.2, 0) is 9.59 Å². The second-order valence-electron chi connectivity index (χ2n) is 7.35. The van der Waals surface area contributed by atoms with Gasteiger partial charge in [0.05, 0.1) is 5.69 Å². The number of carboxylic acid groups (broad SMARTS) is 1. The first-order valence-corrected chi connectivity index (χ1v) is 10.1. The van der Waals surface area contributed by atoms with Crippen molar-refractivity contribution in [3.8, 4) is 5.75 Å². The largest absolute Gasteiger partial charge is 0.481 e. The molecule has 8 nitrogen and oxygen atoms in total. The molecule has 3 atom stereocenters. The molecule has 9 heteroatoms. The Kier molecular flexibility index (Phi) is 6.21. The summed E-state index contributed by atoms with van der Waals surface area (Å²) < 4.78 is 19.5. The van der Waals surface area contributed by atoms with Crippen LogP contribution in [0.4, 0.5) is 14.9 Å². The number of halogens is 1. The predicted octanol–water partition coefficient (Wildman–Crippen LogP) is 3.39. The van der Waals surface area contributed by atoms with E-state index in [0.717, 1.165) is 12.1 Å². The van der Waals surface area contributed by atoms with Crippen molar-refractivity contribution in [3.05, 3.63) is 95.8 Å². The van der Waals surface area contributed by atoms with E-state index in [1.54, 1.807) is 48.5 Å². The highest BCUT2D eigenvalue weighted by Crippen LogP contribution is 2.34. The standard InChI is InChI=1S/C24H20FN3O5/c25-16-12-10-14(11-13-16)19(28-24(31)32)22(29)27-20-21(15-6-2-1-3-7-15)33-18-9-5-4-8-17(18)26-23(20)30/h1-13,19-21,28H,(H,26,30)(H,27,29)(H,31,32)/t19-,20-,21-/m0/s1. The molecule has 0 radical (unpaired) electrons. The number of carbonyl (C=O) groups is 3. The minimum Gasteiger partial charge on any atom is -0.481 e. The zero-order valence-corrected chi connectivity index (χ0v) is 17.2. The van der Waals surface area contributed by atoms with Gasteiger partial charge in [-0.05, 0) is 35.4 Å². The van der Waals surface area contributed by atoms with Crippen LogP contribution in [0.3, 0.4) is 0 Å². The van der Waals surface area contributed by atoms with Gasteiger partial charge < -0.3 is 25.8 Å². The molecule has 3 aromatic rings. The van der Waals surface area contributed by atoms with Crippen molar-refractivity contribution < 1.29 is 28.6 Å². The molecule has 4 rings (SSSR count). The van der Waals surface area contributed by atoms with Gasteiger partial charge in [0.15, 0.2) is 6.10 Å². The number of rotatable bonds is 5. The molecule has 0 saturated carbocycles. The lowest BCUT2D eigenvalue weighted by Crippen LogP contribution is -2.51. The van der Waals surface area contributed by atoms with Gasteiger partial charge in [0, 0.05) is 0 Å². The first-order valence-electron chi connectivity index (χ1n) is 10.1. The van der Waals surface area contributed by atoms with E-state index in [1.807, 2.05) is 6.07 Å². The fourth-order valence-corrected chi connectivity index (χ4v) is 3.59. The Morgan fingerprint density at radius 2 is 1.64 bits per heavy atom. The number of hydrogen-bond donors (Lipinski definition) is 4. The van der Waals surface area contributed by atoms with Crippen LogP contribution in [-0.4, -0.2) is 29.1 Å². The van der Waals surface area contributed by atoms with E-state index in [2.05, 4.69) is 16.0 Å². The molecule has 0 saturated heterocycles. The van der Waals surface area contributed by atoms with Crippen molar-refractivity contribution in [2.24, 2.45) is 0 Å². The molecule has 3 aromatic carbocycles. The Labute approximate surface area is 188 Å². The normalized spacial score (nSPS) is 18.0. The molecule has 1 heterocycles. The lowest BCUT2D eigenvalue weighted by atomic mass is 10.00. The Morgan fingerprint density at radius 1 is 0.970 bits per heavy atom. The molecular formula is C24H20FN3O5. The quantitative estimate of drug-likeness (QED) is 0.477. The van der Waals surface area contributed by atoms with Gasteiger partial charge in [0.1, 0.15) is 23.7 Å². The highest BCUT2D eigenvalue weighted by Gasteiger charge is 2.38. The smallest absolute Gasteiger partial charge is 0.405 e. The zero-order valence-electron chi connectivity index (χ0n) is 17.2. The van der Waals surface area contributed by atoms with Gasteiger partial charge in [-0.2, -0.15) is 0 Å². The van der Waals surface area contributed by atoms with E-state index in [1.165, 1.54) is 12.1 Å². The van der Waals surface area contributed by atoms with Crippen LogP contribution in [0.1, 0.15) is 23.3 Å². The molecule has 0 spiro atoms. The van der Waals surface area contributed by atoms with Gasteiger partial charge in [0.25, 0.3) is 5.91 Å². The number of ether oxygens (including phenoxy) is 1. The average Bonchev–Trinajstić information content (AvgIpc) is 2.95. The van der Waals surface area contributed by atoms with E-state index in [0.29, 0.717) is 17.0 Å². The molecule has 1 aliphatic rings. The first-order chi connectivity index (χ1) is 15.9. The van der Waals surface area contributed by atoms with Gasteiger partial charge in [-0.15, -0.1) is 0 Å². The molecule has 0 bridgehead atoms. The minimum absolute atomic E-state index is 0.214. The van der Waals surface area contributed by atoms with Crippen LogP contribution >= 0.6 is 0 Å². The third kappa shape index (κ3) is 4.93. The third-order valence-electron chi connectivity index (χ3n) is 5.14. The first kappa shape index (κ1) is 21.8. The van der Waals surface area contributed by atoms with E-state index >= 15 is 0 Å². The Balaban J connectivity index is 1.68. The van der Waals surface area contributed by atoms with E-state index in [4.69, 9.17) is 4.74 Å². The van der Waals surface area contributed by atoms with Crippen molar-refractivity contribution >= 4 is 23.6 Å². The Morgan fingerprint density at radius 3 is 2.33 bits per heavy atom. The molecular weight excluding hydrogens is 429 g/mol. The SMILES string of the molecule is O=C(O)N[C@H](C(=O)N[C@@H]1C(=O)Nc2ccccc2O[C@H]1c1ccccc1)c1ccc(F)cc1. The maximum Gasteiger partial charge on any atom is 0.405 e. The van der Waals surface area contributed by atoms with Crippen molar-refractivity contribution in [1.82, 2.24) is 10.6 Å². The lowest BCUT2D eigenvalue weighted by Gasteiger charge is -2.27. The number of carbonyl (C=O) groups excluding carboxylic acids is 2. The lowest BCUT2D eigenvalue weighted by molar-refractivity contribution is -0.129. The number of amides is 3. The fourth-order valence-electron chi connectivity index (χ4n) is 3.59. The van der Waals surface area contributed by atoms with Gasteiger partial charge >= 0.3 is 6.09 Å². The average molecular weight is 449 g/mol. The maximum atomic E-state index is 13.3. The summed E-state index contributed by atoms with van der Waals surface area (Å²) in [6.45, 7) is 0. The van der Waals surface area contributed by atoms with Gasteiger partial charge in [-0.1, -0.05) is 54.6 Å². The molecule has 4 N–H and O–H groups in total. The van der Waals surface area contributed by atoms with Crippen LogP contribution in [0.15, 0.2) is 78.9 Å². The number of para-hydroxylation sites is 2. The summed E-state index contributed by atoms with van der Waals surface area (Å²) in [5, 5.41) is 16.7. The molecule has 0 aromatic heterocycles.